The average Bonchev–Trinajstić information content (AvgIpc) is 1.94. The van der Waals surface area contributed by atoms with Crippen LogP contribution in [0.4, 0.5) is 0 Å². The second-order valence-corrected chi connectivity index (χ2v) is 7.56. The molecule has 0 aromatic rings. The number of nitrogens with zero attached hydrogens (tertiary/aromatic N) is 1. The summed E-state index contributed by atoms with van der Waals surface area (Å²) in [5.74, 6) is 0. The lowest BCUT2D eigenvalue weighted by molar-refractivity contribution is 0.139. The van der Waals surface area contributed by atoms with Crippen LogP contribution in [-0.4, -0.2) is 26.3 Å². The number of rotatable bonds is 6. The maximum atomic E-state index is 9.45. The van der Waals surface area contributed by atoms with Crippen molar-refractivity contribution in [3.8, 4) is 6.07 Å². The van der Waals surface area contributed by atoms with Crippen LogP contribution >= 0.6 is 0 Å². The molecular formula is C8H17NO2Si. The van der Waals surface area contributed by atoms with Gasteiger partial charge in [0.15, 0.2) is 8.32 Å². The van der Waals surface area contributed by atoms with Crippen LogP contribution in [0, 0.1) is 11.3 Å². The molecule has 0 aromatic heterocycles. The lowest BCUT2D eigenvalue weighted by Crippen LogP contribution is -2.24. The summed E-state index contributed by atoms with van der Waals surface area (Å²) in [5, 5.41) is 8.19. The summed E-state index contributed by atoms with van der Waals surface area (Å²) < 4.78 is 5.16. The Hall–Kier alpha value is -0.373. The largest absolute Gasteiger partial charge is 0.432 e. The van der Waals surface area contributed by atoms with Gasteiger partial charge in [-0.25, -0.2) is 0 Å². The van der Waals surface area contributed by atoms with Crippen LogP contribution in [0.5, 0.6) is 0 Å². The molecule has 0 unspecified atom stereocenters. The van der Waals surface area contributed by atoms with E-state index in [1.54, 1.807) is 0 Å². The molecule has 0 fully saturated rings. The Bertz CT molecular complexity index is 148. The van der Waals surface area contributed by atoms with E-state index in [0.717, 1.165) is 12.5 Å². The van der Waals surface area contributed by atoms with E-state index in [1.165, 1.54) is 0 Å². The smallest absolute Gasteiger partial charge is 0.182 e. The van der Waals surface area contributed by atoms with Gasteiger partial charge in [-0.05, 0) is 25.6 Å². The molecule has 12 heavy (non-hydrogen) atoms. The minimum Gasteiger partial charge on any atom is -0.432 e. The average molecular weight is 187 g/mol. The summed E-state index contributed by atoms with van der Waals surface area (Å²) >= 11 is 0. The zero-order valence-electron chi connectivity index (χ0n) is 7.84. The van der Waals surface area contributed by atoms with Gasteiger partial charge in [0.05, 0.1) is 19.1 Å². The third kappa shape index (κ3) is 9.63. The van der Waals surface area contributed by atoms with Crippen LogP contribution in [0.1, 0.15) is 12.8 Å². The monoisotopic (exact) mass is 187 g/mol. The van der Waals surface area contributed by atoms with E-state index in [2.05, 4.69) is 0 Å². The third-order valence-electron chi connectivity index (χ3n) is 1.44. The molecular weight excluding hydrogens is 170 g/mol. The minimum atomic E-state index is -1.87. The Morgan fingerprint density at radius 1 is 1.42 bits per heavy atom. The third-order valence-corrected chi connectivity index (χ3v) is 3.01. The van der Waals surface area contributed by atoms with Crippen LogP contribution in [0.2, 0.25) is 19.1 Å². The predicted octanol–water partition coefficient (Wildman–Crippen LogP) is 1.50. The van der Waals surface area contributed by atoms with E-state index in [4.69, 9.17) is 10.00 Å². The molecule has 0 amide bonds. The molecule has 0 spiro atoms. The maximum Gasteiger partial charge on any atom is 0.182 e. The first-order valence-corrected chi connectivity index (χ1v) is 7.39. The highest BCUT2D eigenvalue weighted by Crippen LogP contribution is 2.07. The highest BCUT2D eigenvalue weighted by molar-refractivity contribution is 6.69. The van der Waals surface area contributed by atoms with Crippen molar-refractivity contribution in [3.63, 3.8) is 0 Å². The zero-order valence-corrected chi connectivity index (χ0v) is 8.84. The summed E-state index contributed by atoms with van der Waals surface area (Å²) in [7, 11) is -1.87. The highest BCUT2D eigenvalue weighted by atomic mass is 28.4. The van der Waals surface area contributed by atoms with E-state index in [1.807, 2.05) is 19.2 Å². The molecule has 0 aliphatic heterocycles. The fourth-order valence-corrected chi connectivity index (χ4v) is 1.84. The van der Waals surface area contributed by atoms with Gasteiger partial charge in [-0.15, -0.1) is 0 Å². The van der Waals surface area contributed by atoms with Crippen molar-refractivity contribution in [1.29, 1.82) is 5.26 Å². The van der Waals surface area contributed by atoms with Crippen molar-refractivity contribution >= 4 is 8.32 Å². The van der Waals surface area contributed by atoms with E-state index in [9.17, 15) is 4.80 Å². The first-order valence-electron chi connectivity index (χ1n) is 4.23. The van der Waals surface area contributed by atoms with Crippen molar-refractivity contribution < 1.29 is 9.53 Å². The Morgan fingerprint density at radius 2 is 2.08 bits per heavy atom. The van der Waals surface area contributed by atoms with E-state index in [0.29, 0.717) is 19.6 Å². The Kier molecular flexibility index (Phi) is 5.99. The molecule has 1 N–H and O–H groups in total. The van der Waals surface area contributed by atoms with E-state index in [-0.39, 0.29) is 0 Å². The summed E-state index contributed by atoms with van der Waals surface area (Å²) in [4.78, 5) is 9.45. The van der Waals surface area contributed by atoms with Crippen LogP contribution in [0.3, 0.4) is 0 Å². The summed E-state index contributed by atoms with van der Waals surface area (Å²) in [5.41, 5.74) is 0. The number of nitriles is 1. The van der Waals surface area contributed by atoms with E-state index >= 15 is 0 Å². The fraction of sp³-hybridized carbons (Fsp3) is 0.875. The first-order chi connectivity index (χ1) is 5.56. The Balaban J connectivity index is 3.07. The molecule has 0 atom stereocenters. The highest BCUT2D eigenvalue weighted by Gasteiger charge is 2.15. The molecule has 4 heteroatoms. The van der Waals surface area contributed by atoms with Gasteiger partial charge in [0.2, 0.25) is 0 Å². The molecule has 0 heterocycles. The SMILES string of the molecule is C[Si](C)(O)CCCOCCC#N. The van der Waals surface area contributed by atoms with Gasteiger partial charge in [-0.1, -0.05) is 0 Å². The summed E-state index contributed by atoms with van der Waals surface area (Å²) in [6.07, 6.45) is 1.36. The van der Waals surface area contributed by atoms with Crippen molar-refractivity contribution in [1.82, 2.24) is 0 Å². The minimum absolute atomic E-state index is 0.458. The van der Waals surface area contributed by atoms with E-state index < -0.39 is 8.32 Å². The molecule has 0 bridgehead atoms. The standard InChI is InChI=1S/C8H17NO2Si/c1-12(2,10)8-4-7-11-6-3-5-9/h10H,3-4,6-8H2,1-2H3. The summed E-state index contributed by atoms with van der Waals surface area (Å²) in [6, 6.07) is 2.88. The van der Waals surface area contributed by atoms with Crippen molar-refractivity contribution in [2.45, 2.75) is 32.0 Å². The van der Waals surface area contributed by atoms with Crippen LogP contribution < -0.4 is 0 Å². The van der Waals surface area contributed by atoms with Crippen molar-refractivity contribution in [2.24, 2.45) is 0 Å². The molecule has 0 saturated carbocycles. The topological polar surface area (TPSA) is 53.2 Å². The van der Waals surface area contributed by atoms with Crippen molar-refractivity contribution in [3.05, 3.63) is 0 Å². The van der Waals surface area contributed by atoms with Crippen LogP contribution in [-0.2, 0) is 4.74 Å². The molecule has 0 aromatic carbocycles. The van der Waals surface area contributed by atoms with Gasteiger partial charge in [0, 0.05) is 6.61 Å². The van der Waals surface area contributed by atoms with Gasteiger partial charge < -0.3 is 9.53 Å². The predicted molar refractivity (Wildman–Crippen MR) is 50.2 cm³/mol. The van der Waals surface area contributed by atoms with Crippen LogP contribution in [0.15, 0.2) is 0 Å². The summed E-state index contributed by atoms with van der Waals surface area (Å²) in [6.45, 7) is 5.02. The Morgan fingerprint density at radius 3 is 2.58 bits per heavy atom. The quantitative estimate of drug-likeness (QED) is 0.506. The molecule has 0 radical (unpaired) electrons. The van der Waals surface area contributed by atoms with Gasteiger partial charge in [-0.3, -0.25) is 0 Å². The first kappa shape index (κ1) is 11.6. The van der Waals surface area contributed by atoms with Gasteiger partial charge in [0.1, 0.15) is 0 Å². The second kappa shape index (κ2) is 6.18. The lowest BCUT2D eigenvalue weighted by atomic mass is 10.5. The molecule has 0 saturated heterocycles. The van der Waals surface area contributed by atoms with Crippen LogP contribution in [0.25, 0.3) is 0 Å². The number of hydrogen-bond donors (Lipinski definition) is 1. The second-order valence-electron chi connectivity index (χ2n) is 3.44. The molecule has 70 valence electrons. The molecule has 0 aliphatic rings. The molecule has 3 nitrogen and oxygen atoms in total. The number of hydrogen-bond acceptors (Lipinski definition) is 3. The van der Waals surface area contributed by atoms with Crippen molar-refractivity contribution in [2.75, 3.05) is 13.2 Å². The maximum absolute atomic E-state index is 9.45. The number of ether oxygens (including phenoxy) is 1. The zero-order chi connectivity index (χ0) is 9.45. The normalized spacial score (nSPS) is 11.2. The van der Waals surface area contributed by atoms with Gasteiger partial charge >= 0.3 is 0 Å². The Labute approximate surface area is 75.1 Å². The molecule has 0 aliphatic carbocycles. The fourth-order valence-electron chi connectivity index (χ4n) is 0.827. The molecule has 0 rings (SSSR count). The van der Waals surface area contributed by atoms with Gasteiger partial charge in [-0.2, -0.15) is 5.26 Å². The van der Waals surface area contributed by atoms with Gasteiger partial charge in [0.25, 0.3) is 0 Å². The lowest BCUT2D eigenvalue weighted by Gasteiger charge is -2.12.